The Morgan fingerprint density at radius 1 is 0.689 bits per heavy atom. The number of nitrogens with zero attached hydrogens (tertiary/aromatic N) is 1. The molecule has 0 aliphatic carbocycles. The summed E-state index contributed by atoms with van der Waals surface area (Å²) in [5.41, 5.74) is -6.27. The Bertz CT molecular complexity index is 1130. The molecular formula is C30H45F6N3O6. The fourth-order valence-corrected chi connectivity index (χ4v) is 3.84. The number of hydrogen-bond acceptors (Lipinski definition) is 6. The van der Waals surface area contributed by atoms with Gasteiger partial charge in [-0.05, 0) is 106 Å². The Hall–Kier alpha value is -3.39. The minimum absolute atomic E-state index is 0.00671. The van der Waals surface area contributed by atoms with E-state index in [0.29, 0.717) is 12.1 Å². The number of rotatable bonds is 9. The lowest BCUT2D eigenvalue weighted by atomic mass is 10.0. The highest BCUT2D eigenvalue weighted by molar-refractivity contribution is 5.70. The third-order valence-corrected chi connectivity index (χ3v) is 5.55. The Kier molecular flexibility index (Phi) is 13.0. The van der Waals surface area contributed by atoms with Gasteiger partial charge in [0.05, 0.1) is 11.1 Å². The van der Waals surface area contributed by atoms with E-state index in [0.717, 1.165) is 4.90 Å². The van der Waals surface area contributed by atoms with Crippen molar-refractivity contribution in [1.82, 2.24) is 15.5 Å². The van der Waals surface area contributed by atoms with Crippen molar-refractivity contribution in [3.63, 3.8) is 0 Å². The van der Waals surface area contributed by atoms with Crippen LogP contribution in [0.15, 0.2) is 18.2 Å². The van der Waals surface area contributed by atoms with Crippen molar-refractivity contribution in [1.29, 1.82) is 0 Å². The summed E-state index contributed by atoms with van der Waals surface area (Å²) in [5.74, 6) is 0. The minimum atomic E-state index is -5.09. The fraction of sp³-hybridized carbons (Fsp3) is 0.700. The predicted octanol–water partition coefficient (Wildman–Crippen LogP) is 8.05. The largest absolute Gasteiger partial charge is 0.444 e. The normalized spacial score (nSPS) is 14.2. The highest BCUT2D eigenvalue weighted by Crippen LogP contribution is 2.36. The zero-order valence-electron chi connectivity index (χ0n) is 27.4. The first-order chi connectivity index (χ1) is 20.0. The number of benzene rings is 1. The molecular weight excluding hydrogens is 612 g/mol. The van der Waals surface area contributed by atoms with Gasteiger partial charge in [0.25, 0.3) is 0 Å². The van der Waals surface area contributed by atoms with Crippen LogP contribution in [0.25, 0.3) is 0 Å². The number of carbonyl (C=O) groups is 3. The maximum absolute atomic E-state index is 13.5. The second-order valence-electron chi connectivity index (χ2n) is 13.7. The van der Waals surface area contributed by atoms with E-state index in [1.807, 2.05) is 0 Å². The van der Waals surface area contributed by atoms with Gasteiger partial charge in [0.2, 0.25) is 0 Å². The van der Waals surface area contributed by atoms with Crippen molar-refractivity contribution in [3.8, 4) is 0 Å². The van der Waals surface area contributed by atoms with Gasteiger partial charge in [-0.3, -0.25) is 0 Å². The number of alkyl carbamates (subject to hydrolysis) is 2. The van der Waals surface area contributed by atoms with Crippen molar-refractivity contribution in [2.75, 3.05) is 6.54 Å². The molecule has 0 aliphatic heterocycles. The topological polar surface area (TPSA) is 106 Å². The maximum Gasteiger partial charge on any atom is 0.416 e. The van der Waals surface area contributed by atoms with Gasteiger partial charge >= 0.3 is 30.6 Å². The molecule has 258 valence electrons. The van der Waals surface area contributed by atoms with Gasteiger partial charge in [-0.15, -0.1) is 0 Å². The molecule has 0 radical (unpaired) electrons. The van der Waals surface area contributed by atoms with E-state index < -0.39 is 82.8 Å². The van der Waals surface area contributed by atoms with Crippen LogP contribution in [-0.4, -0.2) is 58.6 Å². The Balaban J connectivity index is 3.44. The van der Waals surface area contributed by atoms with Crippen LogP contribution in [0.5, 0.6) is 0 Å². The molecule has 0 saturated carbocycles. The van der Waals surface area contributed by atoms with Gasteiger partial charge in [0.15, 0.2) is 0 Å². The first kappa shape index (κ1) is 39.6. The van der Waals surface area contributed by atoms with Crippen LogP contribution in [0.1, 0.15) is 98.8 Å². The van der Waals surface area contributed by atoms with Crippen molar-refractivity contribution >= 4 is 18.3 Å². The molecule has 0 aliphatic rings. The molecule has 2 N–H and O–H groups in total. The zero-order valence-corrected chi connectivity index (χ0v) is 27.4. The smallest absolute Gasteiger partial charge is 0.416 e. The average Bonchev–Trinajstić information content (AvgIpc) is 2.77. The molecule has 0 saturated heterocycles. The number of hydrogen-bond donors (Lipinski definition) is 2. The Labute approximate surface area is 260 Å². The number of alkyl halides is 6. The van der Waals surface area contributed by atoms with Gasteiger partial charge in [-0.1, -0.05) is 0 Å². The summed E-state index contributed by atoms with van der Waals surface area (Å²) in [6.07, 6.45) is -12.5. The lowest BCUT2D eigenvalue weighted by molar-refractivity contribution is -0.143. The van der Waals surface area contributed by atoms with E-state index >= 15 is 0 Å². The molecule has 1 aromatic carbocycles. The van der Waals surface area contributed by atoms with Crippen LogP contribution >= 0.6 is 0 Å². The van der Waals surface area contributed by atoms with Crippen LogP contribution in [0.4, 0.5) is 40.7 Å². The fourth-order valence-electron chi connectivity index (χ4n) is 3.84. The molecule has 0 heterocycles. The average molecular weight is 658 g/mol. The van der Waals surface area contributed by atoms with E-state index in [1.54, 1.807) is 48.5 Å². The van der Waals surface area contributed by atoms with Crippen LogP contribution in [0.3, 0.4) is 0 Å². The van der Waals surface area contributed by atoms with Gasteiger partial charge in [0.1, 0.15) is 16.8 Å². The summed E-state index contributed by atoms with van der Waals surface area (Å²) in [7, 11) is 0. The van der Waals surface area contributed by atoms with Crippen molar-refractivity contribution in [2.24, 2.45) is 0 Å². The Morgan fingerprint density at radius 3 is 1.51 bits per heavy atom. The van der Waals surface area contributed by atoms with Crippen molar-refractivity contribution in [2.45, 2.75) is 130 Å². The van der Waals surface area contributed by atoms with E-state index in [9.17, 15) is 40.7 Å². The summed E-state index contributed by atoms with van der Waals surface area (Å²) in [5, 5.41) is 5.26. The zero-order chi connectivity index (χ0) is 35.2. The van der Waals surface area contributed by atoms with Crippen LogP contribution in [-0.2, 0) is 33.1 Å². The number of nitrogens with one attached hydrogen (secondary N) is 2. The van der Waals surface area contributed by atoms with Gasteiger partial charge < -0.3 is 29.7 Å². The molecule has 45 heavy (non-hydrogen) atoms. The maximum atomic E-state index is 13.5. The molecule has 1 aromatic rings. The molecule has 9 nitrogen and oxygen atoms in total. The minimum Gasteiger partial charge on any atom is -0.444 e. The summed E-state index contributed by atoms with van der Waals surface area (Å²) < 4.78 is 97.1. The molecule has 1 unspecified atom stereocenters. The number of ether oxygens (including phenoxy) is 3. The van der Waals surface area contributed by atoms with Crippen molar-refractivity contribution < 1.29 is 54.9 Å². The van der Waals surface area contributed by atoms with E-state index in [1.165, 1.54) is 20.8 Å². The SMILES string of the molecule is CC(CC[C@@H](CN(Cc1cc(C(F)(F)F)cc(C(F)(F)F)c1)C(=O)OC(C)(C)C)NC(=O)OC(C)(C)C)NC(=O)OC(C)(C)C. The summed E-state index contributed by atoms with van der Waals surface area (Å²) in [4.78, 5) is 39.0. The Morgan fingerprint density at radius 2 is 1.11 bits per heavy atom. The predicted molar refractivity (Wildman–Crippen MR) is 154 cm³/mol. The molecule has 1 rings (SSSR count). The van der Waals surface area contributed by atoms with Crippen LogP contribution in [0.2, 0.25) is 0 Å². The van der Waals surface area contributed by atoms with Gasteiger partial charge in [0, 0.05) is 25.2 Å². The van der Waals surface area contributed by atoms with Crippen molar-refractivity contribution in [3.05, 3.63) is 34.9 Å². The summed E-state index contributed by atoms with van der Waals surface area (Å²) in [6, 6.07) is -0.377. The third kappa shape index (κ3) is 16.5. The first-order valence-electron chi connectivity index (χ1n) is 14.3. The number of amides is 3. The lowest BCUT2D eigenvalue weighted by Gasteiger charge is -2.32. The van der Waals surface area contributed by atoms with Gasteiger partial charge in [-0.2, -0.15) is 26.3 Å². The molecule has 0 fully saturated rings. The first-order valence-corrected chi connectivity index (χ1v) is 14.3. The monoisotopic (exact) mass is 657 g/mol. The number of halogens is 6. The van der Waals surface area contributed by atoms with E-state index in [4.69, 9.17) is 14.2 Å². The quantitative estimate of drug-likeness (QED) is 0.206. The molecule has 0 aromatic heterocycles. The standard InChI is InChI=1S/C30H45F6N3O6/c1-18(37-23(40)43-26(2,3)4)11-12-22(38-24(41)44-27(5,6)7)17-39(25(42)45-28(8,9)10)16-19-13-20(29(31,32)33)15-21(14-19)30(34,35)36/h13-15,18,22H,11-12,16-17H2,1-10H3,(H,37,40)(H,38,41)/t18?,22-/m0/s1. The third-order valence-electron chi connectivity index (χ3n) is 5.55. The molecule has 3 amide bonds. The lowest BCUT2D eigenvalue weighted by Crippen LogP contribution is -2.48. The number of carbonyl (C=O) groups excluding carboxylic acids is 3. The molecule has 2 atom stereocenters. The summed E-state index contributed by atoms with van der Waals surface area (Å²) >= 11 is 0. The highest BCUT2D eigenvalue weighted by Gasteiger charge is 2.37. The van der Waals surface area contributed by atoms with E-state index in [2.05, 4.69) is 10.6 Å². The summed E-state index contributed by atoms with van der Waals surface area (Å²) in [6.45, 7) is 15.1. The van der Waals surface area contributed by atoms with Crippen LogP contribution < -0.4 is 10.6 Å². The molecule has 0 bridgehead atoms. The molecule has 0 spiro atoms. The van der Waals surface area contributed by atoms with Crippen LogP contribution in [0, 0.1) is 0 Å². The van der Waals surface area contributed by atoms with Gasteiger partial charge in [-0.25, -0.2) is 14.4 Å². The second-order valence-corrected chi connectivity index (χ2v) is 13.7. The molecule has 15 heteroatoms. The second kappa shape index (κ2) is 14.8. The highest BCUT2D eigenvalue weighted by atomic mass is 19.4. The van der Waals surface area contributed by atoms with E-state index in [-0.39, 0.29) is 25.5 Å².